The van der Waals surface area contributed by atoms with Gasteiger partial charge in [0, 0.05) is 24.7 Å². The number of rotatable bonds is 9. The first kappa shape index (κ1) is 22.1. The zero-order chi connectivity index (χ0) is 22.2. The molecule has 7 heteroatoms. The Morgan fingerprint density at radius 2 is 1.74 bits per heavy atom. The van der Waals surface area contributed by atoms with E-state index >= 15 is 0 Å². The Balaban J connectivity index is 1.49. The summed E-state index contributed by atoms with van der Waals surface area (Å²) < 4.78 is 12.4. The minimum absolute atomic E-state index is 0.0771. The molecule has 0 aliphatic rings. The van der Waals surface area contributed by atoms with Gasteiger partial charge in [0.1, 0.15) is 11.5 Å². The highest BCUT2D eigenvalue weighted by molar-refractivity contribution is 5.77. The van der Waals surface area contributed by atoms with Crippen molar-refractivity contribution >= 4 is 5.91 Å². The van der Waals surface area contributed by atoms with Gasteiger partial charge >= 0.3 is 0 Å². The number of nitrogens with one attached hydrogen (secondary N) is 1. The van der Waals surface area contributed by atoms with Gasteiger partial charge in [-0.15, -0.1) is 0 Å². The van der Waals surface area contributed by atoms with Crippen LogP contribution in [0, 0.1) is 13.8 Å². The lowest BCUT2D eigenvalue weighted by molar-refractivity contribution is -0.123. The highest BCUT2D eigenvalue weighted by Crippen LogP contribution is 2.19. The molecule has 162 valence electrons. The van der Waals surface area contributed by atoms with Crippen molar-refractivity contribution in [3.8, 4) is 22.8 Å². The lowest BCUT2D eigenvalue weighted by Gasteiger charge is -2.10. The third kappa shape index (κ3) is 6.18. The van der Waals surface area contributed by atoms with E-state index in [2.05, 4.69) is 10.3 Å². The van der Waals surface area contributed by atoms with Crippen molar-refractivity contribution in [2.75, 3.05) is 19.8 Å². The first-order valence-corrected chi connectivity index (χ1v) is 10.2. The van der Waals surface area contributed by atoms with Gasteiger partial charge in [0.25, 0.3) is 11.5 Å². The van der Waals surface area contributed by atoms with Gasteiger partial charge in [-0.25, -0.2) is 4.98 Å². The Morgan fingerprint density at radius 3 is 2.42 bits per heavy atom. The molecule has 31 heavy (non-hydrogen) atoms. The number of carbonyl (C=O) groups is 1. The Morgan fingerprint density at radius 1 is 1.00 bits per heavy atom. The van der Waals surface area contributed by atoms with Gasteiger partial charge in [-0.3, -0.25) is 14.2 Å². The van der Waals surface area contributed by atoms with E-state index in [1.165, 1.54) is 22.5 Å². The largest absolute Gasteiger partial charge is 0.494 e. The second-order valence-electron chi connectivity index (χ2n) is 7.15. The van der Waals surface area contributed by atoms with Crippen LogP contribution in [-0.4, -0.2) is 35.2 Å². The van der Waals surface area contributed by atoms with Crippen LogP contribution in [0.1, 0.15) is 18.1 Å². The van der Waals surface area contributed by atoms with Gasteiger partial charge in [0.05, 0.1) is 18.6 Å². The maximum atomic E-state index is 12.4. The number of hydrogen-bond acceptors (Lipinski definition) is 5. The van der Waals surface area contributed by atoms with Crippen LogP contribution in [0.5, 0.6) is 11.5 Å². The number of benzene rings is 2. The Bertz CT molecular complexity index is 1090. The molecular weight excluding hydrogens is 394 g/mol. The van der Waals surface area contributed by atoms with Crippen molar-refractivity contribution in [3.63, 3.8) is 0 Å². The molecule has 3 aromatic rings. The molecule has 0 aliphatic heterocycles. The molecule has 0 aliphatic carbocycles. The Hall–Kier alpha value is -3.61. The molecule has 1 heterocycles. The van der Waals surface area contributed by atoms with Gasteiger partial charge in [0.2, 0.25) is 0 Å². The average molecular weight is 421 g/mol. The van der Waals surface area contributed by atoms with E-state index in [0.29, 0.717) is 31.1 Å². The van der Waals surface area contributed by atoms with E-state index in [4.69, 9.17) is 9.47 Å². The molecule has 7 nitrogen and oxygen atoms in total. The third-order valence-corrected chi connectivity index (χ3v) is 4.86. The number of hydrogen-bond donors (Lipinski definition) is 1. The monoisotopic (exact) mass is 421 g/mol. The number of ether oxygens (including phenoxy) is 2. The summed E-state index contributed by atoms with van der Waals surface area (Å²) in [6.45, 7) is 7.09. The average Bonchev–Trinajstić information content (AvgIpc) is 2.76. The molecule has 2 aromatic carbocycles. The zero-order valence-electron chi connectivity index (χ0n) is 18.1. The van der Waals surface area contributed by atoms with Crippen LogP contribution in [-0.2, 0) is 11.3 Å². The minimum atomic E-state index is -0.245. The molecule has 1 aromatic heterocycles. The number of nitrogens with zero attached hydrogens (tertiary/aromatic N) is 2. The summed E-state index contributed by atoms with van der Waals surface area (Å²) in [4.78, 5) is 28.8. The van der Waals surface area contributed by atoms with E-state index in [9.17, 15) is 9.59 Å². The fraction of sp³-hybridized carbons (Fsp3) is 0.292. The van der Waals surface area contributed by atoms with Gasteiger partial charge in [-0.05, 0) is 68.3 Å². The van der Waals surface area contributed by atoms with Gasteiger partial charge in [-0.2, -0.15) is 0 Å². The summed E-state index contributed by atoms with van der Waals surface area (Å²) >= 11 is 0. The zero-order valence-corrected chi connectivity index (χ0v) is 18.1. The van der Waals surface area contributed by atoms with Crippen molar-refractivity contribution in [1.82, 2.24) is 14.9 Å². The molecule has 1 amide bonds. The fourth-order valence-electron chi connectivity index (χ4n) is 2.96. The molecule has 0 spiro atoms. The van der Waals surface area contributed by atoms with Gasteiger partial charge < -0.3 is 14.8 Å². The van der Waals surface area contributed by atoms with Crippen molar-refractivity contribution < 1.29 is 14.3 Å². The van der Waals surface area contributed by atoms with Crippen molar-refractivity contribution in [2.45, 2.75) is 27.3 Å². The molecule has 1 N–H and O–H groups in total. The lowest BCUT2D eigenvalue weighted by Crippen LogP contribution is -2.33. The molecule has 0 unspecified atom stereocenters. The lowest BCUT2D eigenvalue weighted by atomic mass is 10.1. The van der Waals surface area contributed by atoms with E-state index in [-0.39, 0.29) is 18.1 Å². The summed E-state index contributed by atoms with van der Waals surface area (Å²) in [5.74, 6) is 1.19. The van der Waals surface area contributed by atoms with Crippen molar-refractivity contribution in [1.29, 1.82) is 0 Å². The SMILES string of the molecule is CCOc1ccc(-c2cc(=O)n(CCNC(=O)COc3ccc(C)c(C)c3)cn2)cc1. The molecule has 0 saturated carbocycles. The molecular formula is C24H27N3O4. The predicted octanol–water partition coefficient (Wildman–Crippen LogP) is 3.12. The van der Waals surface area contributed by atoms with E-state index in [0.717, 1.165) is 16.9 Å². The fourth-order valence-corrected chi connectivity index (χ4v) is 2.96. The molecule has 0 saturated heterocycles. The summed E-state index contributed by atoms with van der Waals surface area (Å²) in [6.07, 6.45) is 1.49. The smallest absolute Gasteiger partial charge is 0.258 e. The van der Waals surface area contributed by atoms with Gasteiger partial charge in [0.15, 0.2) is 6.61 Å². The van der Waals surface area contributed by atoms with Crippen molar-refractivity contribution in [2.24, 2.45) is 0 Å². The van der Waals surface area contributed by atoms with Crippen LogP contribution >= 0.6 is 0 Å². The van der Waals surface area contributed by atoms with Gasteiger partial charge in [-0.1, -0.05) is 6.07 Å². The van der Waals surface area contributed by atoms with Crippen LogP contribution in [0.2, 0.25) is 0 Å². The van der Waals surface area contributed by atoms with E-state index in [1.54, 1.807) is 0 Å². The van der Waals surface area contributed by atoms with Crippen LogP contribution < -0.4 is 20.3 Å². The third-order valence-electron chi connectivity index (χ3n) is 4.86. The van der Waals surface area contributed by atoms with Crippen molar-refractivity contribution in [3.05, 3.63) is 76.3 Å². The van der Waals surface area contributed by atoms with E-state index < -0.39 is 0 Å². The predicted molar refractivity (Wildman–Crippen MR) is 120 cm³/mol. The quantitative estimate of drug-likeness (QED) is 0.574. The normalized spacial score (nSPS) is 10.5. The number of amides is 1. The number of aryl methyl sites for hydroxylation is 2. The summed E-state index contributed by atoms with van der Waals surface area (Å²) in [5, 5.41) is 2.75. The van der Waals surface area contributed by atoms with Crippen LogP contribution in [0.3, 0.4) is 0 Å². The highest BCUT2D eigenvalue weighted by atomic mass is 16.5. The number of carbonyl (C=O) groups excluding carboxylic acids is 1. The first-order chi connectivity index (χ1) is 15.0. The maximum absolute atomic E-state index is 12.4. The summed E-state index contributed by atoms with van der Waals surface area (Å²) in [6, 6.07) is 14.6. The highest BCUT2D eigenvalue weighted by Gasteiger charge is 2.06. The molecule has 0 radical (unpaired) electrons. The molecule has 0 fully saturated rings. The second-order valence-corrected chi connectivity index (χ2v) is 7.15. The summed E-state index contributed by atoms with van der Waals surface area (Å²) in [5.41, 5.74) is 3.53. The van der Waals surface area contributed by atoms with Crippen LogP contribution in [0.4, 0.5) is 0 Å². The Labute approximate surface area is 181 Å². The van der Waals surface area contributed by atoms with E-state index in [1.807, 2.05) is 63.2 Å². The Kier molecular flexibility index (Phi) is 7.43. The first-order valence-electron chi connectivity index (χ1n) is 10.2. The molecule has 0 atom stereocenters. The topological polar surface area (TPSA) is 82.5 Å². The summed E-state index contributed by atoms with van der Waals surface area (Å²) in [7, 11) is 0. The minimum Gasteiger partial charge on any atom is -0.494 e. The standard InChI is InChI=1S/C24H27N3O4/c1-4-30-20-9-6-19(7-10-20)22-14-24(29)27(16-26-22)12-11-25-23(28)15-31-21-8-5-17(2)18(3)13-21/h5-10,13-14,16H,4,11-12,15H2,1-3H3,(H,25,28). The number of aromatic nitrogens is 2. The molecule has 0 bridgehead atoms. The van der Waals surface area contributed by atoms with Crippen LogP contribution in [0.15, 0.2) is 59.7 Å². The second kappa shape index (κ2) is 10.4. The van der Waals surface area contributed by atoms with Crippen LogP contribution in [0.25, 0.3) is 11.3 Å². The molecule has 3 rings (SSSR count). The maximum Gasteiger partial charge on any atom is 0.258 e.